The predicted octanol–water partition coefficient (Wildman–Crippen LogP) is 8.04. The van der Waals surface area contributed by atoms with E-state index in [1.165, 1.54) is 11.6 Å². The molecule has 0 fully saturated rings. The first kappa shape index (κ1) is 22.3. The van der Waals surface area contributed by atoms with Crippen LogP contribution in [0.4, 0.5) is 22.0 Å². The average Bonchev–Trinajstić information content (AvgIpc) is 2.69. The molecule has 0 aliphatic rings. The molecule has 0 aromatic heterocycles. The van der Waals surface area contributed by atoms with Crippen LogP contribution in [-0.2, 0) is 25.4 Å². The number of aryl methyl sites for hydroxylation is 3. The minimum absolute atomic E-state index is 0.0301. The van der Waals surface area contributed by atoms with Crippen LogP contribution in [0.5, 0.6) is 0 Å². The van der Waals surface area contributed by atoms with E-state index in [1.54, 1.807) is 12.1 Å². The molecule has 30 heavy (non-hydrogen) atoms. The maximum Gasteiger partial charge on any atom is 0.419 e. The quantitative estimate of drug-likeness (QED) is 0.341. The van der Waals surface area contributed by atoms with Gasteiger partial charge in [0.1, 0.15) is 11.6 Å². The fourth-order valence-electron chi connectivity index (χ4n) is 3.37. The molecule has 0 amide bonds. The van der Waals surface area contributed by atoms with Gasteiger partial charge in [0.25, 0.3) is 0 Å². The van der Waals surface area contributed by atoms with E-state index >= 15 is 0 Å². The topological polar surface area (TPSA) is 0 Å². The van der Waals surface area contributed by atoms with Crippen molar-refractivity contribution in [2.75, 3.05) is 0 Å². The number of hydrogen-bond acceptors (Lipinski definition) is 0. The summed E-state index contributed by atoms with van der Waals surface area (Å²) in [6.45, 7) is 2.09. The SMILES string of the molecule is CCCc1ccc(-c2ccc(CCc3ccc(C(F)(F)F)c(F)c3)c(Cl)c2F)cc1. The molecule has 0 spiro atoms. The summed E-state index contributed by atoms with van der Waals surface area (Å²) in [5.41, 5.74) is 1.86. The Hall–Kier alpha value is -2.40. The fraction of sp³-hybridized carbons (Fsp3) is 0.250. The van der Waals surface area contributed by atoms with Crippen LogP contribution in [0, 0.1) is 11.6 Å². The normalized spacial score (nSPS) is 11.7. The zero-order valence-corrected chi connectivity index (χ0v) is 17.0. The Morgan fingerprint density at radius 3 is 2.07 bits per heavy atom. The number of alkyl halides is 3. The largest absolute Gasteiger partial charge is 0.419 e. The first-order valence-electron chi connectivity index (χ1n) is 9.62. The van der Waals surface area contributed by atoms with Crippen molar-refractivity contribution in [1.82, 2.24) is 0 Å². The minimum atomic E-state index is -4.74. The first-order chi connectivity index (χ1) is 14.2. The van der Waals surface area contributed by atoms with E-state index in [1.807, 2.05) is 24.3 Å². The summed E-state index contributed by atoms with van der Waals surface area (Å²) in [4.78, 5) is 0. The van der Waals surface area contributed by atoms with Crippen molar-refractivity contribution in [3.05, 3.63) is 93.5 Å². The number of halogens is 6. The van der Waals surface area contributed by atoms with Crippen molar-refractivity contribution < 1.29 is 22.0 Å². The van der Waals surface area contributed by atoms with Crippen molar-refractivity contribution >= 4 is 11.6 Å². The van der Waals surface area contributed by atoms with E-state index in [4.69, 9.17) is 11.6 Å². The smallest absolute Gasteiger partial charge is 0.206 e. The van der Waals surface area contributed by atoms with Gasteiger partial charge in [-0.05, 0) is 53.6 Å². The van der Waals surface area contributed by atoms with Gasteiger partial charge in [-0.3, -0.25) is 0 Å². The third-order valence-electron chi connectivity index (χ3n) is 4.99. The maximum atomic E-state index is 14.9. The Kier molecular flexibility index (Phi) is 6.81. The lowest BCUT2D eigenvalue weighted by Gasteiger charge is -2.12. The Bertz CT molecular complexity index is 1020. The molecule has 3 aromatic rings. The molecular formula is C24H20ClF5. The van der Waals surface area contributed by atoms with E-state index in [9.17, 15) is 22.0 Å². The minimum Gasteiger partial charge on any atom is -0.206 e. The lowest BCUT2D eigenvalue weighted by molar-refractivity contribution is -0.140. The van der Waals surface area contributed by atoms with Crippen LogP contribution in [-0.4, -0.2) is 0 Å². The molecule has 0 atom stereocenters. The molecule has 0 aliphatic carbocycles. The van der Waals surface area contributed by atoms with Gasteiger partial charge in [-0.1, -0.05) is 67.4 Å². The predicted molar refractivity (Wildman–Crippen MR) is 110 cm³/mol. The van der Waals surface area contributed by atoms with Gasteiger partial charge in [-0.15, -0.1) is 0 Å². The average molecular weight is 439 g/mol. The lowest BCUT2D eigenvalue weighted by Crippen LogP contribution is -2.08. The molecule has 0 radical (unpaired) electrons. The van der Waals surface area contributed by atoms with Crippen molar-refractivity contribution in [2.45, 2.75) is 38.8 Å². The summed E-state index contributed by atoms with van der Waals surface area (Å²) in [6.07, 6.45) is -2.25. The summed E-state index contributed by atoms with van der Waals surface area (Å²) >= 11 is 6.21. The Balaban J connectivity index is 1.77. The summed E-state index contributed by atoms with van der Waals surface area (Å²) in [6, 6.07) is 13.8. The number of hydrogen-bond donors (Lipinski definition) is 0. The molecule has 0 unspecified atom stereocenters. The van der Waals surface area contributed by atoms with Crippen LogP contribution >= 0.6 is 11.6 Å². The monoisotopic (exact) mass is 438 g/mol. The summed E-state index contributed by atoms with van der Waals surface area (Å²) < 4.78 is 66.6. The molecule has 0 nitrogen and oxygen atoms in total. The van der Waals surface area contributed by atoms with Gasteiger partial charge in [0.15, 0.2) is 0 Å². The fourth-order valence-corrected chi connectivity index (χ4v) is 3.63. The van der Waals surface area contributed by atoms with Gasteiger partial charge < -0.3 is 0 Å². The van der Waals surface area contributed by atoms with Crippen LogP contribution in [0.25, 0.3) is 11.1 Å². The van der Waals surface area contributed by atoms with Crippen LogP contribution in [0.1, 0.15) is 35.6 Å². The first-order valence-corrected chi connectivity index (χ1v) is 10.00. The maximum absolute atomic E-state index is 14.9. The molecule has 0 saturated heterocycles. The second-order valence-corrected chi connectivity index (χ2v) is 7.54. The van der Waals surface area contributed by atoms with Gasteiger partial charge in [0.2, 0.25) is 0 Å². The second-order valence-electron chi connectivity index (χ2n) is 7.16. The molecule has 158 valence electrons. The van der Waals surface area contributed by atoms with Gasteiger partial charge in [-0.25, -0.2) is 8.78 Å². The highest BCUT2D eigenvalue weighted by Gasteiger charge is 2.33. The number of benzene rings is 3. The molecule has 0 heterocycles. The molecule has 0 saturated carbocycles. The zero-order chi connectivity index (χ0) is 21.9. The van der Waals surface area contributed by atoms with Crippen LogP contribution in [0.15, 0.2) is 54.6 Å². The summed E-state index contributed by atoms with van der Waals surface area (Å²) in [5.74, 6) is -1.87. The van der Waals surface area contributed by atoms with E-state index in [-0.39, 0.29) is 17.9 Å². The van der Waals surface area contributed by atoms with Crippen LogP contribution in [0.3, 0.4) is 0 Å². The molecule has 3 rings (SSSR count). The second kappa shape index (κ2) is 9.17. The van der Waals surface area contributed by atoms with E-state index in [0.717, 1.165) is 25.0 Å². The third kappa shape index (κ3) is 5.01. The molecular weight excluding hydrogens is 419 g/mol. The van der Waals surface area contributed by atoms with E-state index in [0.29, 0.717) is 22.3 Å². The molecule has 3 aromatic carbocycles. The van der Waals surface area contributed by atoms with Gasteiger partial charge in [-0.2, -0.15) is 13.2 Å². The van der Waals surface area contributed by atoms with Crippen molar-refractivity contribution in [3.8, 4) is 11.1 Å². The van der Waals surface area contributed by atoms with E-state index in [2.05, 4.69) is 6.92 Å². The summed E-state index contributed by atoms with van der Waals surface area (Å²) in [7, 11) is 0. The highest BCUT2D eigenvalue weighted by molar-refractivity contribution is 6.31. The van der Waals surface area contributed by atoms with Crippen LogP contribution < -0.4 is 0 Å². The third-order valence-corrected chi connectivity index (χ3v) is 5.40. The number of rotatable bonds is 6. The lowest BCUT2D eigenvalue weighted by atomic mass is 9.98. The highest BCUT2D eigenvalue weighted by atomic mass is 35.5. The molecule has 0 N–H and O–H groups in total. The Labute approximate surface area is 177 Å². The van der Waals surface area contributed by atoms with Crippen molar-refractivity contribution in [1.29, 1.82) is 0 Å². The Morgan fingerprint density at radius 1 is 0.800 bits per heavy atom. The van der Waals surface area contributed by atoms with Crippen molar-refractivity contribution in [2.24, 2.45) is 0 Å². The highest BCUT2D eigenvalue weighted by Crippen LogP contribution is 2.33. The Morgan fingerprint density at radius 2 is 1.47 bits per heavy atom. The van der Waals surface area contributed by atoms with Gasteiger partial charge >= 0.3 is 6.18 Å². The molecule has 0 aliphatic heterocycles. The van der Waals surface area contributed by atoms with Crippen molar-refractivity contribution in [3.63, 3.8) is 0 Å². The van der Waals surface area contributed by atoms with E-state index < -0.39 is 23.4 Å². The molecule has 0 bridgehead atoms. The summed E-state index contributed by atoms with van der Waals surface area (Å²) in [5, 5.41) is -0.0301. The van der Waals surface area contributed by atoms with Gasteiger partial charge in [0, 0.05) is 5.56 Å². The zero-order valence-electron chi connectivity index (χ0n) is 16.3. The van der Waals surface area contributed by atoms with Gasteiger partial charge in [0.05, 0.1) is 10.6 Å². The molecule has 6 heteroatoms. The van der Waals surface area contributed by atoms with Crippen LogP contribution in [0.2, 0.25) is 5.02 Å². The standard InChI is InChI=1S/C24H20ClF5/c1-2-3-15-4-8-17(9-5-15)19-12-11-18(22(25)23(19)27)10-6-16-7-13-20(21(26)14-16)24(28,29)30/h4-5,7-9,11-14H,2-3,6,10H2,1H3.